The Morgan fingerprint density at radius 2 is 2.11 bits per heavy atom. The average Bonchev–Trinajstić information content (AvgIpc) is 2.37. The van der Waals surface area contributed by atoms with Gasteiger partial charge in [0.1, 0.15) is 12.6 Å². The van der Waals surface area contributed by atoms with E-state index in [2.05, 4.69) is 9.46 Å². The predicted octanol–water partition coefficient (Wildman–Crippen LogP) is 0.400. The van der Waals surface area contributed by atoms with Gasteiger partial charge in [-0.25, -0.2) is 8.42 Å². The van der Waals surface area contributed by atoms with Crippen molar-refractivity contribution >= 4 is 16.0 Å². The van der Waals surface area contributed by atoms with Crippen molar-refractivity contribution in [1.29, 1.82) is 5.26 Å². The second-order valence-corrected chi connectivity index (χ2v) is 4.97. The molecule has 18 heavy (non-hydrogen) atoms. The first kappa shape index (κ1) is 14.2. The summed E-state index contributed by atoms with van der Waals surface area (Å²) in [6.45, 7) is 1.34. The molecule has 1 aromatic rings. The number of sulfonamides is 1. The first-order valence-electron chi connectivity index (χ1n) is 5.15. The molecule has 0 fully saturated rings. The molecule has 96 valence electrons. The van der Waals surface area contributed by atoms with E-state index in [1.54, 1.807) is 19.1 Å². The number of nitriles is 1. The third-order valence-electron chi connectivity index (χ3n) is 2.01. The highest BCUT2D eigenvalue weighted by atomic mass is 32.2. The smallest absolute Gasteiger partial charge is 0.321 e. The molecule has 0 saturated heterocycles. The highest BCUT2D eigenvalue weighted by molar-refractivity contribution is 7.89. The van der Waals surface area contributed by atoms with Gasteiger partial charge in [-0.15, -0.1) is 0 Å². The van der Waals surface area contributed by atoms with Crippen molar-refractivity contribution < 1.29 is 17.9 Å². The number of hydrogen-bond acceptors (Lipinski definition) is 5. The summed E-state index contributed by atoms with van der Waals surface area (Å²) in [7, 11) is -3.89. The minimum atomic E-state index is -3.89. The molecule has 1 aromatic carbocycles. The van der Waals surface area contributed by atoms with Crippen LogP contribution in [0.15, 0.2) is 29.2 Å². The van der Waals surface area contributed by atoms with Crippen LogP contribution in [0, 0.1) is 11.3 Å². The molecule has 0 aliphatic rings. The Kier molecular flexibility index (Phi) is 4.83. The molecule has 0 amide bonds. The summed E-state index contributed by atoms with van der Waals surface area (Å²) in [6, 6.07) is 7.52. The van der Waals surface area contributed by atoms with E-state index < -0.39 is 22.5 Å². The summed E-state index contributed by atoms with van der Waals surface area (Å²) in [6.07, 6.45) is 0. The average molecular weight is 268 g/mol. The summed E-state index contributed by atoms with van der Waals surface area (Å²) >= 11 is 0. The first-order chi connectivity index (χ1) is 8.51. The van der Waals surface area contributed by atoms with Crippen LogP contribution in [0.3, 0.4) is 0 Å². The molecule has 0 bridgehead atoms. The lowest BCUT2D eigenvalue weighted by atomic mass is 10.2. The fourth-order valence-electron chi connectivity index (χ4n) is 1.24. The second-order valence-electron chi connectivity index (χ2n) is 3.24. The van der Waals surface area contributed by atoms with Crippen LogP contribution in [0.2, 0.25) is 0 Å². The van der Waals surface area contributed by atoms with E-state index in [9.17, 15) is 13.2 Å². The zero-order chi connectivity index (χ0) is 13.6. The van der Waals surface area contributed by atoms with E-state index in [0.717, 1.165) is 0 Å². The Bertz CT molecular complexity index is 575. The van der Waals surface area contributed by atoms with Crippen LogP contribution in [0.4, 0.5) is 0 Å². The summed E-state index contributed by atoms with van der Waals surface area (Å²) in [5.41, 5.74) is 0.0221. The third-order valence-corrected chi connectivity index (χ3v) is 3.47. The fraction of sp³-hybridized carbons (Fsp3) is 0.273. The maximum absolute atomic E-state index is 11.9. The van der Waals surface area contributed by atoms with Crippen molar-refractivity contribution in [2.24, 2.45) is 0 Å². The predicted molar refractivity (Wildman–Crippen MR) is 63.0 cm³/mol. The molecule has 0 spiro atoms. The Hall–Kier alpha value is -1.91. The minimum Gasteiger partial charge on any atom is -0.465 e. The summed E-state index contributed by atoms with van der Waals surface area (Å²) in [4.78, 5) is 10.9. The van der Waals surface area contributed by atoms with Crippen molar-refractivity contribution in [1.82, 2.24) is 4.72 Å². The number of benzene rings is 1. The van der Waals surface area contributed by atoms with Gasteiger partial charge >= 0.3 is 5.97 Å². The Morgan fingerprint density at radius 3 is 2.72 bits per heavy atom. The number of rotatable bonds is 5. The zero-order valence-electron chi connectivity index (χ0n) is 9.71. The van der Waals surface area contributed by atoms with Crippen LogP contribution in [0.25, 0.3) is 0 Å². The van der Waals surface area contributed by atoms with Gasteiger partial charge in [-0.05, 0) is 19.1 Å². The molecule has 0 radical (unpaired) electrons. The highest BCUT2D eigenvalue weighted by Gasteiger charge is 2.19. The van der Waals surface area contributed by atoms with Crippen molar-refractivity contribution in [2.75, 3.05) is 13.2 Å². The van der Waals surface area contributed by atoms with E-state index in [0.29, 0.717) is 0 Å². The van der Waals surface area contributed by atoms with Crippen molar-refractivity contribution in [3.8, 4) is 6.07 Å². The number of carbonyl (C=O) groups is 1. The molecular weight excluding hydrogens is 256 g/mol. The maximum atomic E-state index is 11.9. The summed E-state index contributed by atoms with van der Waals surface area (Å²) < 4.78 is 30.4. The van der Waals surface area contributed by atoms with E-state index in [-0.39, 0.29) is 17.1 Å². The number of carbonyl (C=O) groups excluding carboxylic acids is 1. The monoisotopic (exact) mass is 268 g/mol. The zero-order valence-corrected chi connectivity index (χ0v) is 10.5. The Morgan fingerprint density at radius 1 is 1.44 bits per heavy atom. The van der Waals surface area contributed by atoms with Crippen LogP contribution >= 0.6 is 0 Å². The summed E-state index contributed by atoms with van der Waals surface area (Å²) in [5, 5.41) is 8.81. The van der Waals surface area contributed by atoms with Gasteiger partial charge in [0.2, 0.25) is 10.0 Å². The Labute approximate surface area is 105 Å². The van der Waals surface area contributed by atoms with Crippen LogP contribution in [0.1, 0.15) is 12.5 Å². The molecule has 6 nitrogen and oxygen atoms in total. The van der Waals surface area contributed by atoms with Crippen molar-refractivity contribution in [3.63, 3.8) is 0 Å². The number of nitrogens with zero attached hydrogens (tertiary/aromatic N) is 1. The number of hydrogen-bond donors (Lipinski definition) is 1. The first-order valence-corrected chi connectivity index (χ1v) is 6.64. The topological polar surface area (TPSA) is 96.3 Å². The van der Waals surface area contributed by atoms with Crippen molar-refractivity contribution in [3.05, 3.63) is 29.8 Å². The lowest BCUT2D eigenvalue weighted by molar-refractivity contribution is -0.141. The van der Waals surface area contributed by atoms with Gasteiger partial charge in [0.25, 0.3) is 0 Å². The van der Waals surface area contributed by atoms with E-state index in [1.165, 1.54) is 18.2 Å². The molecule has 0 heterocycles. The van der Waals surface area contributed by atoms with Crippen LogP contribution in [0.5, 0.6) is 0 Å². The van der Waals surface area contributed by atoms with Gasteiger partial charge in [-0.3, -0.25) is 4.79 Å². The molecule has 0 unspecified atom stereocenters. The van der Waals surface area contributed by atoms with Crippen LogP contribution in [-0.2, 0) is 19.6 Å². The quantitative estimate of drug-likeness (QED) is 0.780. The van der Waals surface area contributed by atoms with Gasteiger partial charge < -0.3 is 4.74 Å². The van der Waals surface area contributed by atoms with E-state index >= 15 is 0 Å². The van der Waals surface area contributed by atoms with Gasteiger partial charge in [0, 0.05) is 0 Å². The molecule has 0 aromatic heterocycles. The van der Waals surface area contributed by atoms with Gasteiger partial charge in [0.05, 0.1) is 17.1 Å². The van der Waals surface area contributed by atoms with E-state index in [1.807, 2.05) is 0 Å². The van der Waals surface area contributed by atoms with Crippen LogP contribution in [-0.4, -0.2) is 27.5 Å². The molecule has 1 N–H and O–H groups in total. The molecule has 0 aliphatic carbocycles. The summed E-state index contributed by atoms with van der Waals surface area (Å²) in [5.74, 6) is -0.671. The van der Waals surface area contributed by atoms with Gasteiger partial charge in [-0.1, -0.05) is 12.1 Å². The standard InChI is InChI=1S/C11H12N2O4S/c1-2-17-11(14)8-13-18(15,16)10-6-4-3-5-9(10)7-12/h3-6,13H,2,8H2,1H3. The third kappa shape index (κ3) is 3.55. The SMILES string of the molecule is CCOC(=O)CNS(=O)(=O)c1ccccc1C#N. The molecular formula is C11H12N2O4S. The normalized spacial score (nSPS) is 10.7. The lowest BCUT2D eigenvalue weighted by Crippen LogP contribution is -2.31. The molecule has 0 atom stereocenters. The minimum absolute atomic E-state index is 0.0221. The molecule has 0 saturated carbocycles. The fourth-order valence-corrected chi connectivity index (χ4v) is 2.36. The van der Waals surface area contributed by atoms with E-state index in [4.69, 9.17) is 5.26 Å². The van der Waals surface area contributed by atoms with Crippen molar-refractivity contribution in [2.45, 2.75) is 11.8 Å². The van der Waals surface area contributed by atoms with Crippen LogP contribution < -0.4 is 4.72 Å². The molecule has 1 rings (SSSR count). The number of esters is 1. The second kappa shape index (κ2) is 6.14. The maximum Gasteiger partial charge on any atom is 0.321 e. The largest absolute Gasteiger partial charge is 0.465 e. The molecule has 0 aliphatic heterocycles. The highest BCUT2D eigenvalue weighted by Crippen LogP contribution is 2.13. The van der Waals surface area contributed by atoms with Gasteiger partial charge in [0.15, 0.2) is 0 Å². The number of nitrogens with one attached hydrogen (secondary N) is 1. The number of ether oxygens (including phenoxy) is 1. The lowest BCUT2D eigenvalue weighted by Gasteiger charge is -2.07. The molecule has 7 heteroatoms. The Balaban J connectivity index is 2.88. The van der Waals surface area contributed by atoms with Gasteiger partial charge in [-0.2, -0.15) is 9.98 Å².